The van der Waals surface area contributed by atoms with E-state index < -0.39 is 28.1 Å². The minimum Gasteiger partial charge on any atom is -0.369 e. The fourth-order valence-corrected chi connectivity index (χ4v) is 6.72. The molecule has 1 aromatic rings. The third-order valence-corrected chi connectivity index (χ3v) is 8.76. The fraction of sp³-hybridized carbons (Fsp3) is 0.679. The number of nitrogens with zero attached hydrogens (tertiary/aromatic N) is 2. The molecule has 0 aromatic heterocycles. The van der Waals surface area contributed by atoms with Gasteiger partial charge < -0.3 is 5.73 Å². The van der Waals surface area contributed by atoms with Gasteiger partial charge in [-0.15, -0.1) is 0 Å². The quantitative estimate of drug-likeness (QED) is 0.642. The Morgan fingerprint density at radius 1 is 1.14 bits per heavy atom. The van der Waals surface area contributed by atoms with Gasteiger partial charge in [-0.2, -0.15) is 0 Å². The van der Waals surface area contributed by atoms with Crippen LogP contribution in [-0.2, 0) is 28.0 Å². The van der Waals surface area contributed by atoms with E-state index in [0.717, 1.165) is 24.0 Å². The lowest BCUT2D eigenvalue weighted by Crippen LogP contribution is -2.55. The van der Waals surface area contributed by atoms with Crippen molar-refractivity contribution in [2.24, 2.45) is 33.9 Å². The van der Waals surface area contributed by atoms with Gasteiger partial charge in [0.1, 0.15) is 5.67 Å². The standard InChI is InChI=1S/C28H39F2N3O2/c1-16-12-27(13-17(2)18(16)3)14-20-9-8-19(11-22(34)26(6,7)30)10-21(20)28(27)23(35)33(24(31)32-28)15-25(4,5)29/h8-10,16-18H,11-15H2,1-7H3,(H2,31,32)/t16-,17+,18?,27?,28-/m1/s1. The monoisotopic (exact) mass is 487 g/mol. The molecule has 1 fully saturated rings. The molecule has 2 N–H and O–H groups in total. The summed E-state index contributed by atoms with van der Waals surface area (Å²) in [5, 5.41) is 0. The summed E-state index contributed by atoms with van der Waals surface area (Å²) >= 11 is 0. The van der Waals surface area contributed by atoms with Gasteiger partial charge in [0.2, 0.25) is 0 Å². The van der Waals surface area contributed by atoms with E-state index in [0.29, 0.717) is 29.7 Å². The Labute approximate surface area is 207 Å². The lowest BCUT2D eigenvalue weighted by molar-refractivity contribution is -0.140. The Bertz CT molecular complexity index is 1070. The molecule has 1 aromatic carbocycles. The lowest BCUT2D eigenvalue weighted by atomic mass is 9.55. The van der Waals surface area contributed by atoms with E-state index in [2.05, 4.69) is 20.8 Å². The highest BCUT2D eigenvalue weighted by molar-refractivity contribution is 6.08. The van der Waals surface area contributed by atoms with Crippen molar-refractivity contribution in [3.63, 3.8) is 0 Å². The van der Waals surface area contributed by atoms with Gasteiger partial charge in [-0.1, -0.05) is 39.0 Å². The molecular weight excluding hydrogens is 448 g/mol. The Morgan fingerprint density at radius 2 is 1.74 bits per heavy atom. The van der Waals surface area contributed by atoms with E-state index in [9.17, 15) is 18.4 Å². The summed E-state index contributed by atoms with van der Waals surface area (Å²) in [5.41, 5.74) is 3.39. The molecule has 5 nitrogen and oxygen atoms in total. The molecule has 1 amide bonds. The number of Topliss-reactive ketones (excluding diaryl/α,β-unsaturated/α-hetero) is 1. The van der Waals surface area contributed by atoms with Crippen LogP contribution in [0.5, 0.6) is 0 Å². The summed E-state index contributed by atoms with van der Waals surface area (Å²) in [5.74, 6) is 0.471. The van der Waals surface area contributed by atoms with Crippen molar-refractivity contribution in [2.75, 3.05) is 6.54 Å². The molecule has 1 aliphatic heterocycles. The second-order valence-corrected chi connectivity index (χ2v) is 12.5. The maximum atomic E-state index is 14.7. The van der Waals surface area contributed by atoms with Crippen molar-refractivity contribution in [1.82, 2.24) is 4.90 Å². The first-order valence-corrected chi connectivity index (χ1v) is 12.7. The zero-order chi connectivity index (χ0) is 26.1. The van der Waals surface area contributed by atoms with Gasteiger partial charge in [0.05, 0.1) is 6.54 Å². The SMILES string of the molecule is CC1[C@H](C)CC2(Cc3ccc(CC(=O)C(C)(C)F)cc3[C@]23N=C(N)N(CC(C)(C)F)C3=O)C[C@@H]1C. The Balaban J connectivity index is 1.87. The number of halogens is 2. The summed E-state index contributed by atoms with van der Waals surface area (Å²) in [6, 6.07) is 5.65. The molecule has 2 spiro atoms. The molecule has 192 valence electrons. The van der Waals surface area contributed by atoms with E-state index >= 15 is 0 Å². The van der Waals surface area contributed by atoms with Crippen molar-refractivity contribution in [3.8, 4) is 0 Å². The summed E-state index contributed by atoms with van der Waals surface area (Å²) in [6.45, 7) is 11.9. The van der Waals surface area contributed by atoms with E-state index in [1.54, 1.807) is 0 Å². The number of guanidine groups is 1. The van der Waals surface area contributed by atoms with Crippen LogP contribution in [0.3, 0.4) is 0 Å². The number of nitrogens with two attached hydrogens (primary N) is 1. The highest BCUT2D eigenvalue weighted by atomic mass is 19.1. The largest absolute Gasteiger partial charge is 0.369 e. The maximum Gasteiger partial charge on any atom is 0.262 e. The normalized spacial score (nSPS) is 32.9. The number of carbonyl (C=O) groups is 2. The third-order valence-electron chi connectivity index (χ3n) is 8.76. The van der Waals surface area contributed by atoms with Gasteiger partial charge >= 0.3 is 0 Å². The van der Waals surface area contributed by atoms with E-state index in [1.807, 2.05) is 18.2 Å². The second-order valence-electron chi connectivity index (χ2n) is 12.5. The number of amides is 1. The Morgan fingerprint density at radius 3 is 2.29 bits per heavy atom. The third kappa shape index (κ3) is 4.09. The van der Waals surface area contributed by atoms with Gasteiger partial charge in [-0.05, 0) is 81.4 Å². The summed E-state index contributed by atoms with van der Waals surface area (Å²) in [7, 11) is 0. The number of alkyl halides is 2. The van der Waals surface area contributed by atoms with Crippen LogP contribution in [0.2, 0.25) is 0 Å². The van der Waals surface area contributed by atoms with Crippen molar-refractivity contribution in [1.29, 1.82) is 0 Å². The number of aliphatic imine (C=N–C) groups is 1. The molecule has 2 aliphatic carbocycles. The number of ketones is 1. The molecule has 0 bridgehead atoms. The fourth-order valence-electron chi connectivity index (χ4n) is 6.72. The number of rotatable bonds is 5. The number of fused-ring (bicyclic) bond motifs is 3. The number of benzene rings is 1. The van der Waals surface area contributed by atoms with Crippen LogP contribution in [-0.4, -0.2) is 40.4 Å². The van der Waals surface area contributed by atoms with Crippen LogP contribution in [0, 0.1) is 23.2 Å². The molecule has 7 heteroatoms. The van der Waals surface area contributed by atoms with E-state index in [-0.39, 0.29) is 24.8 Å². The minimum absolute atomic E-state index is 0.0400. The summed E-state index contributed by atoms with van der Waals surface area (Å²) in [6.07, 6.45) is 2.20. The molecule has 2 unspecified atom stereocenters. The molecule has 0 saturated heterocycles. The number of hydrogen-bond donors (Lipinski definition) is 1. The average Bonchev–Trinajstić information content (AvgIpc) is 3.11. The van der Waals surface area contributed by atoms with E-state index in [1.165, 1.54) is 32.6 Å². The van der Waals surface area contributed by atoms with Gasteiger partial charge in [0, 0.05) is 11.8 Å². The Hall–Kier alpha value is -2.31. The number of carbonyl (C=O) groups excluding carboxylic acids is 2. The topological polar surface area (TPSA) is 75.8 Å². The van der Waals surface area contributed by atoms with Gasteiger partial charge in [0.25, 0.3) is 5.91 Å². The van der Waals surface area contributed by atoms with Crippen molar-refractivity contribution < 1.29 is 18.4 Å². The molecule has 0 radical (unpaired) electrons. The van der Waals surface area contributed by atoms with Crippen LogP contribution < -0.4 is 5.73 Å². The molecule has 4 rings (SSSR count). The molecule has 3 aliphatic rings. The predicted octanol–water partition coefficient (Wildman–Crippen LogP) is 4.89. The molecule has 1 heterocycles. The van der Waals surface area contributed by atoms with Crippen molar-refractivity contribution >= 4 is 17.6 Å². The zero-order valence-corrected chi connectivity index (χ0v) is 22.0. The predicted molar refractivity (Wildman–Crippen MR) is 133 cm³/mol. The lowest BCUT2D eigenvalue weighted by Gasteiger charge is -2.50. The smallest absolute Gasteiger partial charge is 0.262 e. The maximum absolute atomic E-state index is 14.7. The van der Waals surface area contributed by atoms with E-state index in [4.69, 9.17) is 10.7 Å². The van der Waals surface area contributed by atoms with Gasteiger partial charge in [-0.25, -0.2) is 13.8 Å². The van der Waals surface area contributed by atoms with Gasteiger partial charge in [-0.3, -0.25) is 14.5 Å². The van der Waals surface area contributed by atoms with Crippen LogP contribution >= 0.6 is 0 Å². The van der Waals surface area contributed by atoms with Crippen LogP contribution in [0.25, 0.3) is 0 Å². The zero-order valence-electron chi connectivity index (χ0n) is 22.0. The average molecular weight is 488 g/mol. The molecule has 1 saturated carbocycles. The second kappa shape index (κ2) is 8.10. The van der Waals surface area contributed by atoms with Crippen molar-refractivity contribution in [3.05, 3.63) is 34.9 Å². The summed E-state index contributed by atoms with van der Waals surface area (Å²) < 4.78 is 29.0. The minimum atomic E-state index is -1.95. The number of hydrogen-bond acceptors (Lipinski definition) is 4. The first-order chi connectivity index (χ1) is 16.0. The molecule has 5 atom stereocenters. The first kappa shape index (κ1) is 25.8. The van der Waals surface area contributed by atoms with Crippen LogP contribution in [0.1, 0.15) is 78.0 Å². The first-order valence-electron chi connectivity index (χ1n) is 12.7. The highest BCUT2D eigenvalue weighted by Crippen LogP contribution is 2.64. The summed E-state index contributed by atoms with van der Waals surface area (Å²) in [4.78, 5) is 32.9. The van der Waals surface area contributed by atoms with Crippen LogP contribution in [0.15, 0.2) is 23.2 Å². The Kier molecular flexibility index (Phi) is 5.97. The molecular formula is C28H39F2N3O2. The van der Waals surface area contributed by atoms with Crippen molar-refractivity contribution in [2.45, 2.75) is 91.0 Å². The van der Waals surface area contributed by atoms with Gasteiger partial charge in [0.15, 0.2) is 23.0 Å². The molecule has 35 heavy (non-hydrogen) atoms. The highest BCUT2D eigenvalue weighted by Gasteiger charge is 2.68. The van der Waals surface area contributed by atoms with Crippen LogP contribution in [0.4, 0.5) is 8.78 Å².